The summed E-state index contributed by atoms with van der Waals surface area (Å²) >= 11 is 0. The molecular formula is C24H24F4N4O6. The molecular weight excluding hydrogens is 516 g/mol. The van der Waals surface area contributed by atoms with E-state index in [1.165, 1.54) is 0 Å². The number of rotatable bonds is 8. The van der Waals surface area contributed by atoms with Crippen LogP contribution < -0.4 is 10.6 Å². The van der Waals surface area contributed by atoms with Crippen LogP contribution in [0.1, 0.15) is 44.7 Å². The predicted octanol–water partition coefficient (Wildman–Crippen LogP) is 2.69. The summed E-state index contributed by atoms with van der Waals surface area (Å²) in [5, 5.41) is 49.9. The molecule has 2 aromatic rings. The number of phenols is 2. The minimum absolute atomic E-state index is 0.0655. The first kappa shape index (κ1) is 26.2. The highest BCUT2D eigenvalue weighted by molar-refractivity contribution is 6.33. The molecule has 2 aromatic carbocycles. The number of anilines is 2. The molecule has 0 radical (unpaired) electrons. The number of hydrogen-bond acceptors (Lipinski definition) is 8. The third-order valence-corrected chi connectivity index (χ3v) is 7.53. The predicted molar refractivity (Wildman–Crippen MR) is 126 cm³/mol. The van der Waals surface area contributed by atoms with Gasteiger partial charge in [0.15, 0.2) is 23.1 Å². The molecule has 204 valence electrons. The first-order valence-corrected chi connectivity index (χ1v) is 12.1. The van der Waals surface area contributed by atoms with E-state index >= 15 is 8.78 Å². The molecule has 0 saturated carbocycles. The van der Waals surface area contributed by atoms with Gasteiger partial charge in [0.1, 0.15) is 0 Å². The second-order valence-electron chi connectivity index (χ2n) is 9.88. The number of carbonyl (C=O) groups excluding carboxylic acids is 2. The van der Waals surface area contributed by atoms with Crippen molar-refractivity contribution in [2.75, 3.05) is 63.0 Å². The van der Waals surface area contributed by atoms with Crippen LogP contribution in [0.5, 0.6) is 11.5 Å². The summed E-state index contributed by atoms with van der Waals surface area (Å²) in [4.78, 5) is 26.9. The van der Waals surface area contributed by atoms with Gasteiger partial charge in [-0.2, -0.15) is 8.78 Å². The van der Waals surface area contributed by atoms with Crippen LogP contribution in [-0.4, -0.2) is 83.4 Å². The van der Waals surface area contributed by atoms with Gasteiger partial charge in [-0.15, -0.1) is 0 Å². The summed E-state index contributed by atoms with van der Waals surface area (Å²) in [7, 11) is 0. The number of likely N-dealkylation sites (tertiary alicyclic amines) is 2. The average Bonchev–Trinajstić information content (AvgIpc) is 2.84. The third kappa shape index (κ3) is 3.95. The Kier molecular flexibility index (Phi) is 6.25. The molecule has 2 fully saturated rings. The van der Waals surface area contributed by atoms with E-state index in [0.29, 0.717) is 39.0 Å². The molecule has 38 heavy (non-hydrogen) atoms. The fourth-order valence-electron chi connectivity index (χ4n) is 5.07. The molecule has 14 heteroatoms. The van der Waals surface area contributed by atoms with E-state index < -0.39 is 89.3 Å². The molecule has 0 spiro atoms. The molecule has 0 bridgehead atoms. The molecule has 2 aliphatic heterocycles. The molecule has 10 nitrogen and oxygen atoms in total. The lowest BCUT2D eigenvalue weighted by Crippen LogP contribution is -2.55. The minimum Gasteiger partial charge on any atom is -0.633 e. The van der Waals surface area contributed by atoms with Gasteiger partial charge in [0.25, 0.3) is 0 Å². The molecule has 3 aliphatic rings. The van der Waals surface area contributed by atoms with Gasteiger partial charge in [-0.3, -0.25) is 9.59 Å². The van der Waals surface area contributed by atoms with Crippen molar-refractivity contribution in [2.45, 2.75) is 12.8 Å². The highest BCUT2D eigenvalue weighted by Crippen LogP contribution is 2.46. The van der Waals surface area contributed by atoms with Crippen molar-refractivity contribution < 1.29 is 46.7 Å². The van der Waals surface area contributed by atoms with Crippen LogP contribution in [-0.2, 0) is 0 Å². The Hall–Kier alpha value is -3.46. The van der Waals surface area contributed by atoms with Crippen molar-refractivity contribution in [3.63, 3.8) is 0 Å². The van der Waals surface area contributed by atoms with Crippen LogP contribution >= 0.6 is 0 Å². The van der Waals surface area contributed by atoms with Gasteiger partial charge in [-0.1, -0.05) is 0 Å². The molecule has 5 rings (SSSR count). The van der Waals surface area contributed by atoms with Gasteiger partial charge in [0, 0.05) is 12.8 Å². The maximum absolute atomic E-state index is 15.4. The van der Waals surface area contributed by atoms with Crippen LogP contribution in [0.25, 0.3) is 0 Å². The van der Waals surface area contributed by atoms with Crippen molar-refractivity contribution in [2.24, 2.45) is 0 Å². The minimum atomic E-state index is -2.00. The van der Waals surface area contributed by atoms with Crippen molar-refractivity contribution in [1.82, 2.24) is 0 Å². The molecule has 0 atom stereocenters. The van der Waals surface area contributed by atoms with Crippen LogP contribution in [0.2, 0.25) is 0 Å². The summed E-state index contributed by atoms with van der Waals surface area (Å²) < 4.78 is 57.9. The van der Waals surface area contributed by atoms with Crippen molar-refractivity contribution >= 4 is 22.9 Å². The van der Waals surface area contributed by atoms with E-state index in [1.807, 2.05) is 0 Å². The van der Waals surface area contributed by atoms with Gasteiger partial charge in [0.05, 0.1) is 86.0 Å². The topological polar surface area (TPSA) is 145 Å². The Balaban J connectivity index is 1.62. The maximum atomic E-state index is 15.4. The quantitative estimate of drug-likeness (QED) is 0.148. The van der Waals surface area contributed by atoms with Gasteiger partial charge in [-0.25, -0.2) is 8.78 Å². The zero-order valence-corrected chi connectivity index (χ0v) is 20.0. The second-order valence-corrected chi connectivity index (χ2v) is 9.88. The highest BCUT2D eigenvalue weighted by atomic mass is 19.2. The fourth-order valence-corrected chi connectivity index (χ4v) is 5.07. The van der Waals surface area contributed by atoms with Gasteiger partial charge in [-0.05, 0) is 0 Å². The molecule has 2 saturated heterocycles. The second kappa shape index (κ2) is 9.08. The lowest BCUT2D eigenvalue weighted by Gasteiger charge is -2.50. The number of nitrogens with one attached hydrogen (secondary N) is 2. The molecule has 0 unspecified atom stereocenters. The van der Waals surface area contributed by atoms with Crippen LogP contribution in [0, 0.1) is 33.7 Å². The molecule has 0 amide bonds. The Morgan fingerprint density at radius 3 is 1.26 bits per heavy atom. The van der Waals surface area contributed by atoms with E-state index in [9.17, 15) is 39.0 Å². The number of phenolic OH excluding ortho intramolecular Hbond substituents is 2. The Labute approximate surface area is 213 Å². The maximum Gasteiger partial charge on any atom is 0.205 e. The van der Waals surface area contributed by atoms with Gasteiger partial charge in [0.2, 0.25) is 23.2 Å². The first-order valence-electron chi connectivity index (χ1n) is 12.1. The zero-order valence-electron chi connectivity index (χ0n) is 20.0. The standard InChI is InChI=1S/C24H24F4N4O6/c25-15-16(26)20(30-4-10-32(38)7-2-8-32)12-11(19(15)29-3-9-31(37)5-1-6-31)21(33)13-14(22(12)34)24(36)18(28)17(27)23(13)35/h29-30,35-36H,1-10H2. The third-order valence-electron chi connectivity index (χ3n) is 7.53. The van der Waals surface area contributed by atoms with E-state index in [2.05, 4.69) is 10.6 Å². The number of carbonyl (C=O) groups is 2. The number of hydroxylamine groups is 6. The lowest BCUT2D eigenvalue weighted by atomic mass is 9.80. The highest BCUT2D eigenvalue weighted by Gasteiger charge is 2.43. The molecule has 1 aliphatic carbocycles. The van der Waals surface area contributed by atoms with Crippen LogP contribution in [0.3, 0.4) is 0 Å². The van der Waals surface area contributed by atoms with Crippen molar-refractivity contribution in [1.29, 1.82) is 0 Å². The summed E-state index contributed by atoms with van der Waals surface area (Å²) in [5.74, 6) is -13.1. The number of ketones is 2. The summed E-state index contributed by atoms with van der Waals surface area (Å²) in [6.45, 7) is 0.707. The number of aromatic hydroxyl groups is 2. The van der Waals surface area contributed by atoms with E-state index in [1.54, 1.807) is 0 Å². The van der Waals surface area contributed by atoms with E-state index in [4.69, 9.17) is 0 Å². The molecule has 4 N–H and O–H groups in total. The Bertz CT molecular complexity index is 1280. The van der Waals surface area contributed by atoms with Crippen molar-refractivity contribution in [3.8, 4) is 11.5 Å². The number of fused-ring (bicyclic) bond motifs is 2. The Morgan fingerprint density at radius 2 is 0.974 bits per heavy atom. The molecule has 2 heterocycles. The normalized spacial score (nSPS) is 18.8. The largest absolute Gasteiger partial charge is 0.633 e. The molecule has 0 aromatic heterocycles. The van der Waals surface area contributed by atoms with Gasteiger partial charge >= 0.3 is 0 Å². The average molecular weight is 540 g/mol. The first-order chi connectivity index (χ1) is 17.9. The summed E-state index contributed by atoms with van der Waals surface area (Å²) in [6.07, 6.45) is 1.39. The van der Waals surface area contributed by atoms with Crippen molar-refractivity contribution in [3.05, 3.63) is 55.9 Å². The van der Waals surface area contributed by atoms with E-state index in [-0.39, 0.29) is 26.2 Å². The number of benzene rings is 2. The van der Waals surface area contributed by atoms with Crippen LogP contribution in [0.15, 0.2) is 0 Å². The number of quaternary nitrogens is 2. The smallest absolute Gasteiger partial charge is 0.205 e. The summed E-state index contributed by atoms with van der Waals surface area (Å²) in [6, 6.07) is 0. The van der Waals surface area contributed by atoms with Gasteiger partial charge < -0.3 is 40.6 Å². The van der Waals surface area contributed by atoms with E-state index in [0.717, 1.165) is 0 Å². The van der Waals surface area contributed by atoms with Crippen LogP contribution in [0.4, 0.5) is 28.9 Å². The number of nitrogens with zero attached hydrogens (tertiary/aromatic N) is 2. The zero-order chi connectivity index (χ0) is 27.6. The SMILES string of the molecule is O=C1c2c(O)c(F)c(F)c(O)c2C(=O)c2c(NCC[N+]3([O-])CCC3)c(F)c(F)c(NCC[N+]3([O-])CCC3)c21. The number of hydrogen-bond donors (Lipinski definition) is 4. The fraction of sp³-hybridized carbons (Fsp3) is 0.417. The lowest BCUT2D eigenvalue weighted by molar-refractivity contribution is -0.916. The summed E-state index contributed by atoms with van der Waals surface area (Å²) in [5.41, 5.74) is -5.42. The number of halogens is 4. The Morgan fingerprint density at radius 1 is 0.632 bits per heavy atom. The monoisotopic (exact) mass is 540 g/mol.